The molecule has 0 fully saturated rings. The fraction of sp³-hybridized carbons (Fsp3) is 0.156. The summed E-state index contributed by atoms with van der Waals surface area (Å²) < 4.78 is 3.94. The second kappa shape index (κ2) is 12.4. The molecule has 1 heterocycles. The van der Waals surface area contributed by atoms with Crippen molar-refractivity contribution in [1.29, 1.82) is 0 Å². The molecule has 0 aliphatic rings. The molecular weight excluding hydrogens is 539 g/mol. The van der Waals surface area contributed by atoms with Crippen molar-refractivity contribution >= 4 is 23.2 Å². The molecule has 1 aromatic heterocycles. The van der Waals surface area contributed by atoms with Gasteiger partial charge in [0.2, 0.25) is 0 Å². The third-order valence-corrected chi connectivity index (χ3v) is 11.4. The van der Waals surface area contributed by atoms with Gasteiger partial charge in [-0.25, -0.2) is 4.68 Å². The average Bonchev–Trinajstić information content (AvgIpc) is 3.23. The SMILES string of the molecule is Cc1cc(=O)n(-c2ccccc2)n1CCCC[P+](c1ccccc1)(c1ccccc1)c1ccccc1.[Br-]. The van der Waals surface area contributed by atoms with Crippen molar-refractivity contribution in [2.75, 3.05) is 6.16 Å². The van der Waals surface area contributed by atoms with Gasteiger partial charge in [-0.2, -0.15) is 0 Å². The van der Waals surface area contributed by atoms with Gasteiger partial charge in [0.05, 0.1) is 11.8 Å². The molecular formula is C32H32BrN2OP. The Morgan fingerprint density at radius 1 is 0.622 bits per heavy atom. The fourth-order valence-electron chi connectivity index (χ4n) is 5.20. The van der Waals surface area contributed by atoms with Gasteiger partial charge >= 0.3 is 0 Å². The van der Waals surface area contributed by atoms with Gasteiger partial charge in [0, 0.05) is 18.3 Å². The fourth-order valence-corrected chi connectivity index (χ4v) is 9.61. The standard InChI is InChI=1S/C32H32N2OP.BrH/c1-27-26-32(35)34(28-16-6-2-7-17-28)33(27)24-14-15-25-36(29-18-8-3-9-19-29,30-20-10-4-11-21-30)31-22-12-5-13-23-31;/h2-13,16-23,26H,14-15,24-25H2,1H3;1H/q+1;/p-1. The van der Waals surface area contributed by atoms with Crippen LogP contribution in [0.4, 0.5) is 0 Å². The van der Waals surface area contributed by atoms with Crippen LogP contribution in [-0.2, 0) is 6.54 Å². The molecule has 0 atom stereocenters. The van der Waals surface area contributed by atoms with Crippen LogP contribution in [0.15, 0.2) is 132 Å². The molecule has 0 saturated carbocycles. The van der Waals surface area contributed by atoms with E-state index in [0.717, 1.165) is 36.9 Å². The second-order valence-corrected chi connectivity index (χ2v) is 12.8. The van der Waals surface area contributed by atoms with E-state index in [4.69, 9.17) is 0 Å². The molecule has 0 saturated heterocycles. The Morgan fingerprint density at radius 3 is 1.51 bits per heavy atom. The lowest BCUT2D eigenvalue weighted by Crippen LogP contribution is -3.00. The largest absolute Gasteiger partial charge is 1.00 e. The summed E-state index contributed by atoms with van der Waals surface area (Å²) in [6.07, 6.45) is 3.14. The minimum absolute atomic E-state index is 0. The van der Waals surface area contributed by atoms with E-state index in [2.05, 4.69) is 95.7 Å². The van der Waals surface area contributed by atoms with Gasteiger partial charge in [-0.05, 0) is 68.3 Å². The first-order chi connectivity index (χ1) is 17.7. The highest BCUT2D eigenvalue weighted by atomic mass is 79.9. The number of hydrogen-bond acceptors (Lipinski definition) is 1. The Labute approximate surface area is 230 Å². The molecule has 5 heteroatoms. The van der Waals surface area contributed by atoms with Crippen molar-refractivity contribution in [1.82, 2.24) is 9.36 Å². The van der Waals surface area contributed by atoms with Gasteiger partial charge in [0.15, 0.2) is 0 Å². The molecule has 37 heavy (non-hydrogen) atoms. The van der Waals surface area contributed by atoms with Crippen molar-refractivity contribution in [2.45, 2.75) is 26.3 Å². The maximum Gasteiger partial charge on any atom is 0.271 e. The predicted molar refractivity (Wildman–Crippen MR) is 154 cm³/mol. The molecule has 0 N–H and O–H groups in total. The van der Waals surface area contributed by atoms with E-state index in [1.807, 2.05) is 41.9 Å². The molecule has 188 valence electrons. The smallest absolute Gasteiger partial charge is 0.271 e. The third-order valence-electron chi connectivity index (χ3n) is 6.89. The summed E-state index contributed by atoms with van der Waals surface area (Å²) in [5.41, 5.74) is 1.94. The summed E-state index contributed by atoms with van der Waals surface area (Å²) in [6, 6.07) is 44.8. The Bertz CT molecular complexity index is 1350. The van der Waals surface area contributed by atoms with E-state index >= 15 is 0 Å². The van der Waals surface area contributed by atoms with Crippen molar-refractivity contribution in [3.05, 3.63) is 143 Å². The predicted octanol–water partition coefficient (Wildman–Crippen LogP) is 2.73. The molecule has 0 spiro atoms. The average molecular weight is 571 g/mol. The summed E-state index contributed by atoms with van der Waals surface area (Å²) in [5.74, 6) is 0. The van der Waals surface area contributed by atoms with Crippen LogP contribution in [0.3, 0.4) is 0 Å². The highest BCUT2D eigenvalue weighted by Gasteiger charge is 2.44. The van der Waals surface area contributed by atoms with Gasteiger partial charge in [0.1, 0.15) is 23.2 Å². The number of para-hydroxylation sites is 1. The number of benzene rings is 4. The molecule has 0 amide bonds. The summed E-state index contributed by atoms with van der Waals surface area (Å²) in [5, 5.41) is 4.25. The van der Waals surface area contributed by atoms with Gasteiger partial charge in [-0.1, -0.05) is 72.8 Å². The van der Waals surface area contributed by atoms with E-state index in [-0.39, 0.29) is 22.5 Å². The van der Waals surface area contributed by atoms with Crippen molar-refractivity contribution in [3.63, 3.8) is 0 Å². The van der Waals surface area contributed by atoms with E-state index < -0.39 is 7.26 Å². The molecule has 0 aliphatic carbocycles. The molecule has 0 radical (unpaired) electrons. The van der Waals surface area contributed by atoms with E-state index in [9.17, 15) is 4.79 Å². The van der Waals surface area contributed by atoms with Crippen molar-refractivity contribution < 1.29 is 17.0 Å². The van der Waals surface area contributed by atoms with Crippen molar-refractivity contribution in [3.8, 4) is 5.69 Å². The quantitative estimate of drug-likeness (QED) is 0.198. The van der Waals surface area contributed by atoms with E-state index in [1.165, 1.54) is 15.9 Å². The first-order valence-electron chi connectivity index (χ1n) is 12.6. The Kier molecular flexibility index (Phi) is 8.97. The minimum atomic E-state index is -1.83. The van der Waals surface area contributed by atoms with Crippen molar-refractivity contribution in [2.24, 2.45) is 0 Å². The molecule has 5 aromatic rings. The first kappa shape index (κ1) is 26.9. The Hall–Kier alpha value is -3.20. The number of aryl methyl sites for hydroxylation is 1. The molecule has 3 nitrogen and oxygen atoms in total. The number of unbranched alkanes of at least 4 members (excludes halogenated alkanes) is 1. The van der Waals surface area contributed by atoms with Crippen LogP contribution in [0.5, 0.6) is 0 Å². The van der Waals surface area contributed by atoms with Gasteiger partial charge in [-0.3, -0.25) is 9.48 Å². The zero-order chi connectivity index (χ0) is 24.8. The van der Waals surface area contributed by atoms with Crippen LogP contribution < -0.4 is 38.5 Å². The topological polar surface area (TPSA) is 26.9 Å². The molecule has 0 aliphatic heterocycles. The van der Waals surface area contributed by atoms with E-state index in [0.29, 0.717) is 0 Å². The summed E-state index contributed by atoms with van der Waals surface area (Å²) >= 11 is 0. The van der Waals surface area contributed by atoms with Crippen LogP contribution in [0.2, 0.25) is 0 Å². The zero-order valence-corrected chi connectivity index (χ0v) is 23.6. The highest BCUT2D eigenvalue weighted by molar-refractivity contribution is 7.95. The van der Waals surface area contributed by atoms with Crippen LogP contribution >= 0.6 is 7.26 Å². The third kappa shape index (κ3) is 5.56. The second-order valence-electron chi connectivity index (χ2n) is 9.14. The summed E-state index contributed by atoms with van der Waals surface area (Å²) in [7, 11) is -1.83. The Morgan fingerprint density at radius 2 is 1.05 bits per heavy atom. The minimum Gasteiger partial charge on any atom is -1.00 e. The Balaban J connectivity index is 0.00000320. The molecule has 4 aromatic carbocycles. The summed E-state index contributed by atoms with van der Waals surface area (Å²) in [6.45, 7) is 2.83. The zero-order valence-electron chi connectivity index (χ0n) is 21.1. The maximum absolute atomic E-state index is 12.8. The highest BCUT2D eigenvalue weighted by Crippen LogP contribution is 2.55. The number of rotatable bonds is 9. The number of aromatic nitrogens is 2. The molecule has 0 bridgehead atoms. The summed E-state index contributed by atoms with van der Waals surface area (Å²) in [4.78, 5) is 12.8. The lowest BCUT2D eigenvalue weighted by molar-refractivity contribution is -0.00000720. The van der Waals surface area contributed by atoms with Crippen LogP contribution in [0, 0.1) is 6.92 Å². The number of halogens is 1. The van der Waals surface area contributed by atoms with Gasteiger partial charge in [-0.15, -0.1) is 0 Å². The van der Waals surface area contributed by atoms with E-state index in [1.54, 1.807) is 6.07 Å². The lowest BCUT2D eigenvalue weighted by Gasteiger charge is -2.28. The normalized spacial score (nSPS) is 11.2. The first-order valence-corrected chi connectivity index (χ1v) is 14.6. The van der Waals surface area contributed by atoms with Gasteiger partial charge < -0.3 is 17.0 Å². The monoisotopic (exact) mass is 570 g/mol. The van der Waals surface area contributed by atoms with Gasteiger partial charge in [0.25, 0.3) is 5.56 Å². The van der Waals surface area contributed by atoms with Crippen LogP contribution in [0.1, 0.15) is 18.5 Å². The number of nitrogens with zero attached hydrogens (tertiary/aromatic N) is 2. The number of hydrogen-bond donors (Lipinski definition) is 0. The maximum atomic E-state index is 12.8. The molecule has 0 unspecified atom stereocenters. The lowest BCUT2D eigenvalue weighted by atomic mass is 10.3. The molecule has 5 rings (SSSR count). The van der Waals surface area contributed by atoms with Crippen LogP contribution in [-0.4, -0.2) is 15.5 Å². The van der Waals surface area contributed by atoms with Crippen LogP contribution in [0.25, 0.3) is 5.69 Å².